The van der Waals surface area contributed by atoms with Crippen molar-refractivity contribution in [2.24, 2.45) is 0 Å². The van der Waals surface area contributed by atoms with Gasteiger partial charge in [0.15, 0.2) is 0 Å². The summed E-state index contributed by atoms with van der Waals surface area (Å²) in [5.41, 5.74) is 1.13. The maximum atomic E-state index is 12.3. The molecule has 1 atom stereocenters. The molecule has 1 aliphatic heterocycles. The van der Waals surface area contributed by atoms with Gasteiger partial charge in [-0.25, -0.2) is 4.98 Å². The molecule has 2 N–H and O–H groups in total. The van der Waals surface area contributed by atoms with Crippen LogP contribution >= 0.6 is 0 Å². The minimum atomic E-state index is -0.657. The predicted molar refractivity (Wildman–Crippen MR) is 106 cm³/mol. The van der Waals surface area contributed by atoms with E-state index in [0.29, 0.717) is 11.3 Å². The minimum absolute atomic E-state index is 0.276. The lowest BCUT2D eigenvalue weighted by Gasteiger charge is -2.33. The Kier molecular flexibility index (Phi) is 6.03. The summed E-state index contributed by atoms with van der Waals surface area (Å²) in [5.74, 6) is 0.349. The van der Waals surface area contributed by atoms with Crippen molar-refractivity contribution in [3.05, 3.63) is 54.2 Å². The van der Waals surface area contributed by atoms with Gasteiger partial charge in [-0.2, -0.15) is 0 Å². The van der Waals surface area contributed by atoms with E-state index in [9.17, 15) is 9.59 Å². The minimum Gasteiger partial charge on any atom is -0.354 e. The number of rotatable bonds is 5. The molecule has 27 heavy (non-hydrogen) atoms. The second-order valence-electron chi connectivity index (χ2n) is 6.75. The zero-order chi connectivity index (χ0) is 19.2. The summed E-state index contributed by atoms with van der Waals surface area (Å²) in [6, 6.07) is 11.9. The monoisotopic (exact) mass is 367 g/mol. The van der Waals surface area contributed by atoms with Crippen molar-refractivity contribution in [1.82, 2.24) is 15.2 Å². The van der Waals surface area contributed by atoms with E-state index in [2.05, 4.69) is 32.5 Å². The van der Waals surface area contributed by atoms with Crippen LogP contribution in [0.25, 0.3) is 0 Å². The Morgan fingerprint density at radius 2 is 1.74 bits per heavy atom. The molecule has 3 rings (SSSR count). The van der Waals surface area contributed by atoms with Crippen molar-refractivity contribution in [1.29, 1.82) is 0 Å². The highest BCUT2D eigenvalue weighted by Gasteiger charge is 2.18. The molecule has 7 nitrogen and oxygen atoms in total. The summed E-state index contributed by atoms with van der Waals surface area (Å²) < 4.78 is 0. The molecule has 1 aromatic carbocycles. The molecule has 2 aromatic rings. The predicted octanol–water partition coefficient (Wildman–Crippen LogP) is 1.59. The quantitative estimate of drug-likeness (QED) is 0.839. The maximum absolute atomic E-state index is 12.3. The highest BCUT2D eigenvalue weighted by Crippen LogP contribution is 2.16. The summed E-state index contributed by atoms with van der Waals surface area (Å²) in [6.07, 6.45) is 1.65. The van der Waals surface area contributed by atoms with Crippen LogP contribution in [0, 0.1) is 0 Å². The van der Waals surface area contributed by atoms with Gasteiger partial charge in [0.2, 0.25) is 5.91 Å². The first-order valence-electron chi connectivity index (χ1n) is 9.09. The fraction of sp³-hybridized carbons (Fsp3) is 0.350. The Morgan fingerprint density at radius 3 is 2.37 bits per heavy atom. The van der Waals surface area contributed by atoms with Crippen LogP contribution in [0.3, 0.4) is 0 Å². The molecule has 142 valence electrons. The van der Waals surface area contributed by atoms with Gasteiger partial charge in [0.05, 0.1) is 11.9 Å². The Hall–Kier alpha value is -2.93. The van der Waals surface area contributed by atoms with Gasteiger partial charge < -0.3 is 20.4 Å². The Bertz CT molecular complexity index is 771. The highest BCUT2D eigenvalue weighted by atomic mass is 16.2. The van der Waals surface area contributed by atoms with Crippen LogP contribution in [0.2, 0.25) is 0 Å². The van der Waals surface area contributed by atoms with Crippen LogP contribution in [0.5, 0.6) is 0 Å². The van der Waals surface area contributed by atoms with Crippen molar-refractivity contribution in [3.8, 4) is 0 Å². The molecular weight excluding hydrogens is 342 g/mol. The molecule has 7 heteroatoms. The maximum Gasteiger partial charge on any atom is 0.251 e. The van der Waals surface area contributed by atoms with E-state index in [-0.39, 0.29) is 11.8 Å². The number of carbonyl (C=O) groups is 2. The van der Waals surface area contributed by atoms with Crippen molar-refractivity contribution in [3.63, 3.8) is 0 Å². The molecule has 2 amide bonds. The van der Waals surface area contributed by atoms with Crippen LogP contribution in [-0.2, 0) is 4.79 Å². The van der Waals surface area contributed by atoms with E-state index in [4.69, 9.17) is 0 Å². The van der Waals surface area contributed by atoms with E-state index in [1.165, 1.54) is 0 Å². The molecule has 0 spiro atoms. The van der Waals surface area contributed by atoms with Gasteiger partial charge in [0.1, 0.15) is 11.9 Å². The Balaban J connectivity index is 1.53. The summed E-state index contributed by atoms with van der Waals surface area (Å²) >= 11 is 0. The first-order valence-corrected chi connectivity index (χ1v) is 9.09. The third-order valence-electron chi connectivity index (χ3n) is 4.62. The standard InChI is InChI=1S/C20H25N5O2/c1-15(22-20(27)16-6-4-3-5-7-16)19(26)23-17-8-9-18(21-14-17)25-12-10-24(2)11-13-25/h3-9,14-15H,10-13H2,1-2H3,(H,22,27)(H,23,26). The fourth-order valence-corrected chi connectivity index (χ4v) is 2.87. The van der Waals surface area contributed by atoms with Gasteiger partial charge in [-0.15, -0.1) is 0 Å². The van der Waals surface area contributed by atoms with E-state index in [1.807, 2.05) is 18.2 Å². The van der Waals surface area contributed by atoms with Crippen LogP contribution in [-0.4, -0.2) is 61.0 Å². The highest BCUT2D eigenvalue weighted by molar-refractivity contribution is 6.00. The van der Waals surface area contributed by atoms with Crippen LogP contribution in [0.1, 0.15) is 17.3 Å². The van der Waals surface area contributed by atoms with E-state index < -0.39 is 6.04 Å². The largest absolute Gasteiger partial charge is 0.354 e. The van der Waals surface area contributed by atoms with Crippen molar-refractivity contribution in [2.45, 2.75) is 13.0 Å². The molecule has 0 bridgehead atoms. The molecule has 1 aromatic heterocycles. The number of piperazine rings is 1. The van der Waals surface area contributed by atoms with Gasteiger partial charge in [-0.3, -0.25) is 9.59 Å². The van der Waals surface area contributed by atoms with Gasteiger partial charge in [0, 0.05) is 31.7 Å². The molecule has 0 saturated carbocycles. The smallest absolute Gasteiger partial charge is 0.251 e. The van der Waals surface area contributed by atoms with Gasteiger partial charge in [0.25, 0.3) is 5.91 Å². The van der Waals surface area contributed by atoms with Crippen molar-refractivity contribution >= 4 is 23.3 Å². The summed E-state index contributed by atoms with van der Waals surface area (Å²) in [4.78, 5) is 33.4. The number of benzene rings is 1. The molecule has 1 unspecified atom stereocenters. The fourth-order valence-electron chi connectivity index (χ4n) is 2.87. The van der Waals surface area contributed by atoms with E-state index in [1.54, 1.807) is 37.4 Å². The zero-order valence-corrected chi connectivity index (χ0v) is 15.7. The number of pyridine rings is 1. The number of aromatic nitrogens is 1. The number of likely N-dealkylation sites (N-methyl/N-ethyl adjacent to an activating group) is 1. The number of anilines is 2. The van der Waals surface area contributed by atoms with Crippen molar-refractivity contribution in [2.75, 3.05) is 43.4 Å². The van der Waals surface area contributed by atoms with Gasteiger partial charge >= 0.3 is 0 Å². The second kappa shape index (κ2) is 8.64. The zero-order valence-electron chi connectivity index (χ0n) is 15.7. The summed E-state index contributed by atoms with van der Waals surface area (Å²) in [6.45, 7) is 5.56. The molecule has 0 aliphatic carbocycles. The average Bonchev–Trinajstić information content (AvgIpc) is 2.70. The van der Waals surface area contributed by atoms with Gasteiger partial charge in [-0.1, -0.05) is 18.2 Å². The number of hydrogen-bond donors (Lipinski definition) is 2. The van der Waals surface area contributed by atoms with Crippen LogP contribution in [0.4, 0.5) is 11.5 Å². The molecular formula is C20H25N5O2. The van der Waals surface area contributed by atoms with E-state index in [0.717, 1.165) is 32.0 Å². The molecule has 1 saturated heterocycles. The Labute approximate surface area is 159 Å². The number of carbonyl (C=O) groups excluding carboxylic acids is 2. The third kappa shape index (κ3) is 5.04. The summed E-state index contributed by atoms with van der Waals surface area (Å²) in [5, 5.41) is 5.49. The number of nitrogens with one attached hydrogen (secondary N) is 2. The number of nitrogens with zero attached hydrogens (tertiary/aromatic N) is 3. The first-order chi connectivity index (χ1) is 13.0. The van der Waals surface area contributed by atoms with Crippen LogP contribution in [0.15, 0.2) is 48.7 Å². The second-order valence-corrected chi connectivity index (χ2v) is 6.75. The van der Waals surface area contributed by atoms with Gasteiger partial charge in [-0.05, 0) is 38.2 Å². The molecule has 0 radical (unpaired) electrons. The lowest BCUT2D eigenvalue weighted by Crippen LogP contribution is -2.44. The van der Waals surface area contributed by atoms with Crippen LogP contribution < -0.4 is 15.5 Å². The number of amides is 2. The molecule has 1 fully saturated rings. The topological polar surface area (TPSA) is 77.6 Å². The molecule has 2 heterocycles. The molecule has 1 aliphatic rings. The number of hydrogen-bond acceptors (Lipinski definition) is 5. The first kappa shape index (κ1) is 18.8. The Morgan fingerprint density at radius 1 is 1.04 bits per heavy atom. The van der Waals surface area contributed by atoms with E-state index >= 15 is 0 Å². The summed E-state index contributed by atoms with van der Waals surface area (Å²) in [7, 11) is 2.11. The third-order valence-corrected chi connectivity index (χ3v) is 4.62. The SMILES string of the molecule is CC(NC(=O)c1ccccc1)C(=O)Nc1ccc(N2CCN(C)CC2)nc1. The normalized spacial score (nSPS) is 15.9. The lowest BCUT2D eigenvalue weighted by molar-refractivity contribution is -0.117. The lowest BCUT2D eigenvalue weighted by atomic mass is 10.2. The average molecular weight is 367 g/mol. The van der Waals surface area contributed by atoms with Crippen molar-refractivity contribution < 1.29 is 9.59 Å².